The number of nitrogens with zero attached hydrogens (tertiary/aromatic N) is 4. The van der Waals surface area contributed by atoms with Crippen molar-refractivity contribution in [1.82, 2.24) is 20.1 Å². The molecule has 1 aromatic carbocycles. The highest BCUT2D eigenvalue weighted by Gasteiger charge is 2.17. The quantitative estimate of drug-likeness (QED) is 0.857. The number of rotatable bonds is 6. The lowest BCUT2D eigenvalue weighted by molar-refractivity contribution is -0.127. The van der Waals surface area contributed by atoms with Gasteiger partial charge in [-0.15, -0.1) is 10.2 Å². The Morgan fingerprint density at radius 3 is 2.88 bits per heavy atom. The van der Waals surface area contributed by atoms with E-state index in [2.05, 4.69) is 20.1 Å². The zero-order chi connectivity index (χ0) is 18.4. The SMILES string of the molecule is CC(Oc1ccc(C#N)cc1)C(=O)NCCc1nnc2n1CCCCC2. The second-order valence-corrected chi connectivity index (χ2v) is 6.43. The Hall–Kier alpha value is -2.88. The maximum Gasteiger partial charge on any atom is 0.260 e. The van der Waals surface area contributed by atoms with E-state index >= 15 is 0 Å². The van der Waals surface area contributed by atoms with Crippen LogP contribution in [0.5, 0.6) is 5.75 Å². The number of aromatic nitrogens is 3. The molecule has 0 aliphatic carbocycles. The van der Waals surface area contributed by atoms with Crippen LogP contribution in [0.2, 0.25) is 0 Å². The van der Waals surface area contributed by atoms with Crippen molar-refractivity contribution in [2.45, 2.75) is 51.7 Å². The van der Waals surface area contributed by atoms with Crippen LogP contribution in [-0.2, 0) is 24.2 Å². The van der Waals surface area contributed by atoms with Crippen LogP contribution in [0.3, 0.4) is 0 Å². The average Bonchev–Trinajstić information content (AvgIpc) is 2.88. The Morgan fingerprint density at radius 1 is 1.31 bits per heavy atom. The number of carbonyl (C=O) groups is 1. The number of nitrogens with one attached hydrogen (secondary N) is 1. The third kappa shape index (κ3) is 4.39. The molecule has 0 saturated heterocycles. The predicted octanol–water partition coefficient (Wildman–Crippen LogP) is 2.00. The molecule has 0 radical (unpaired) electrons. The number of carbonyl (C=O) groups excluding carboxylic acids is 1. The first-order valence-electron chi connectivity index (χ1n) is 9.03. The third-order valence-electron chi connectivity index (χ3n) is 4.50. The van der Waals surface area contributed by atoms with E-state index < -0.39 is 6.10 Å². The Labute approximate surface area is 153 Å². The van der Waals surface area contributed by atoms with Gasteiger partial charge in [-0.2, -0.15) is 5.26 Å². The monoisotopic (exact) mass is 353 g/mol. The molecule has 7 heteroatoms. The summed E-state index contributed by atoms with van der Waals surface area (Å²) in [5.74, 6) is 2.38. The first-order valence-corrected chi connectivity index (χ1v) is 9.03. The zero-order valence-electron chi connectivity index (χ0n) is 14.9. The van der Waals surface area contributed by atoms with Crippen molar-refractivity contribution >= 4 is 5.91 Å². The molecule has 3 rings (SSSR count). The first-order chi connectivity index (χ1) is 12.7. The van der Waals surface area contributed by atoms with Crippen molar-refractivity contribution in [3.8, 4) is 11.8 Å². The number of ether oxygens (including phenoxy) is 1. The summed E-state index contributed by atoms with van der Waals surface area (Å²) in [5.41, 5.74) is 0.557. The molecule has 1 atom stereocenters. The van der Waals surface area contributed by atoms with Crippen molar-refractivity contribution in [2.75, 3.05) is 6.54 Å². The number of fused-ring (bicyclic) bond motifs is 1. The molecule has 1 aromatic heterocycles. The lowest BCUT2D eigenvalue weighted by Crippen LogP contribution is -2.37. The van der Waals surface area contributed by atoms with Crippen LogP contribution in [0.4, 0.5) is 0 Å². The van der Waals surface area contributed by atoms with Crippen LogP contribution in [0.15, 0.2) is 24.3 Å². The minimum atomic E-state index is -0.613. The van der Waals surface area contributed by atoms with Crippen LogP contribution in [0, 0.1) is 11.3 Å². The molecule has 0 fully saturated rings. The first kappa shape index (κ1) is 17.9. The number of amides is 1. The molecule has 1 aliphatic heterocycles. The summed E-state index contributed by atoms with van der Waals surface area (Å²) in [4.78, 5) is 12.2. The summed E-state index contributed by atoms with van der Waals surface area (Å²) in [5, 5.41) is 20.2. The van der Waals surface area contributed by atoms with Crippen LogP contribution in [-0.4, -0.2) is 33.3 Å². The highest BCUT2D eigenvalue weighted by atomic mass is 16.5. The topological polar surface area (TPSA) is 92.8 Å². The number of benzene rings is 1. The normalized spacial score (nSPS) is 14.6. The maximum atomic E-state index is 12.2. The summed E-state index contributed by atoms with van der Waals surface area (Å²) in [6.45, 7) is 3.17. The molecule has 0 spiro atoms. The summed E-state index contributed by atoms with van der Waals surface area (Å²) in [6, 6.07) is 8.75. The van der Waals surface area contributed by atoms with Gasteiger partial charge in [-0.05, 0) is 44.0 Å². The fraction of sp³-hybridized carbons (Fsp3) is 0.474. The molecule has 136 valence electrons. The van der Waals surface area contributed by atoms with Gasteiger partial charge >= 0.3 is 0 Å². The molecule has 26 heavy (non-hydrogen) atoms. The van der Waals surface area contributed by atoms with Gasteiger partial charge in [0, 0.05) is 25.9 Å². The molecule has 7 nitrogen and oxygen atoms in total. The van der Waals surface area contributed by atoms with Gasteiger partial charge in [0.05, 0.1) is 11.6 Å². The van der Waals surface area contributed by atoms with E-state index in [1.807, 2.05) is 6.07 Å². The van der Waals surface area contributed by atoms with E-state index in [1.54, 1.807) is 31.2 Å². The molecule has 1 N–H and O–H groups in total. The molecule has 1 amide bonds. The minimum Gasteiger partial charge on any atom is -0.481 e. The number of hydrogen-bond donors (Lipinski definition) is 1. The summed E-state index contributed by atoms with van der Waals surface area (Å²) in [6.07, 6.45) is 4.57. The van der Waals surface area contributed by atoms with Gasteiger partial charge in [-0.1, -0.05) is 6.42 Å². The second kappa shape index (κ2) is 8.48. The van der Waals surface area contributed by atoms with Gasteiger partial charge in [0.2, 0.25) is 0 Å². The van der Waals surface area contributed by atoms with Gasteiger partial charge in [0.1, 0.15) is 17.4 Å². The van der Waals surface area contributed by atoms with E-state index in [1.165, 1.54) is 12.8 Å². The second-order valence-electron chi connectivity index (χ2n) is 6.43. The zero-order valence-corrected chi connectivity index (χ0v) is 14.9. The maximum absolute atomic E-state index is 12.2. The molecule has 2 aromatic rings. The van der Waals surface area contributed by atoms with E-state index in [4.69, 9.17) is 10.00 Å². The highest BCUT2D eigenvalue weighted by Crippen LogP contribution is 2.15. The van der Waals surface area contributed by atoms with Crippen molar-refractivity contribution in [2.24, 2.45) is 0 Å². The lowest BCUT2D eigenvalue weighted by Gasteiger charge is -2.15. The lowest BCUT2D eigenvalue weighted by atomic mass is 10.2. The number of hydrogen-bond acceptors (Lipinski definition) is 5. The molecule has 0 saturated carbocycles. The number of aryl methyl sites for hydroxylation is 1. The molecular formula is C19H23N5O2. The summed E-state index contributed by atoms with van der Waals surface area (Å²) in [7, 11) is 0. The fourth-order valence-electron chi connectivity index (χ4n) is 3.04. The van der Waals surface area contributed by atoms with Crippen LogP contribution >= 0.6 is 0 Å². The Balaban J connectivity index is 1.47. The van der Waals surface area contributed by atoms with Crippen LogP contribution in [0.25, 0.3) is 0 Å². The minimum absolute atomic E-state index is 0.176. The van der Waals surface area contributed by atoms with E-state index in [9.17, 15) is 4.79 Å². The number of nitriles is 1. The van der Waals surface area contributed by atoms with Crippen molar-refractivity contribution < 1.29 is 9.53 Å². The standard InChI is InChI=1S/C19H23N5O2/c1-14(26-16-8-6-15(13-20)7-9-16)19(25)21-11-10-18-23-22-17-5-3-2-4-12-24(17)18/h6-9,14H,2-5,10-12H2,1H3,(H,21,25). The largest absolute Gasteiger partial charge is 0.481 e. The smallest absolute Gasteiger partial charge is 0.260 e. The molecular weight excluding hydrogens is 330 g/mol. The van der Waals surface area contributed by atoms with E-state index in [0.29, 0.717) is 24.3 Å². The van der Waals surface area contributed by atoms with E-state index in [0.717, 1.165) is 31.0 Å². The van der Waals surface area contributed by atoms with Crippen molar-refractivity contribution in [3.05, 3.63) is 41.5 Å². The van der Waals surface area contributed by atoms with Crippen molar-refractivity contribution in [3.63, 3.8) is 0 Å². The molecule has 0 bridgehead atoms. The van der Waals surface area contributed by atoms with Gasteiger partial charge in [-0.3, -0.25) is 4.79 Å². The average molecular weight is 353 g/mol. The van der Waals surface area contributed by atoms with E-state index in [-0.39, 0.29) is 5.91 Å². The third-order valence-corrected chi connectivity index (χ3v) is 4.50. The van der Waals surface area contributed by atoms with Crippen LogP contribution < -0.4 is 10.1 Å². The Kier molecular flexibility index (Phi) is 5.84. The Bertz CT molecular complexity index is 791. The summed E-state index contributed by atoms with van der Waals surface area (Å²) < 4.78 is 7.81. The Morgan fingerprint density at radius 2 is 2.12 bits per heavy atom. The predicted molar refractivity (Wildman–Crippen MR) is 95.5 cm³/mol. The van der Waals surface area contributed by atoms with Gasteiger partial charge in [0.15, 0.2) is 6.10 Å². The molecule has 1 unspecified atom stereocenters. The van der Waals surface area contributed by atoms with Gasteiger partial charge in [0.25, 0.3) is 5.91 Å². The van der Waals surface area contributed by atoms with Crippen molar-refractivity contribution in [1.29, 1.82) is 5.26 Å². The van der Waals surface area contributed by atoms with Gasteiger partial charge < -0.3 is 14.6 Å². The fourth-order valence-corrected chi connectivity index (χ4v) is 3.04. The molecule has 1 aliphatic rings. The van der Waals surface area contributed by atoms with Gasteiger partial charge in [-0.25, -0.2) is 0 Å². The highest BCUT2D eigenvalue weighted by molar-refractivity contribution is 5.80. The van der Waals surface area contributed by atoms with Crippen LogP contribution in [0.1, 0.15) is 43.4 Å². The summed E-state index contributed by atoms with van der Waals surface area (Å²) >= 11 is 0. The molecule has 2 heterocycles.